The van der Waals surface area contributed by atoms with Crippen LogP contribution in [0.3, 0.4) is 0 Å². The summed E-state index contributed by atoms with van der Waals surface area (Å²) in [5.41, 5.74) is 0. The summed E-state index contributed by atoms with van der Waals surface area (Å²) in [6, 6.07) is 44.3. The van der Waals surface area contributed by atoms with E-state index in [0.29, 0.717) is 0 Å². The van der Waals surface area contributed by atoms with Gasteiger partial charge in [0.15, 0.2) is 0 Å². The minimum absolute atomic E-state index is 0. The molecule has 0 amide bonds. The Balaban J connectivity index is 0.000000748. The van der Waals surface area contributed by atoms with Crippen LogP contribution in [0.25, 0.3) is 0 Å². The van der Waals surface area contributed by atoms with Crippen LogP contribution in [0.15, 0.2) is 121 Å². The van der Waals surface area contributed by atoms with Crippen molar-refractivity contribution < 1.29 is 19.5 Å². The molecule has 0 N–H and O–H groups in total. The summed E-state index contributed by atoms with van der Waals surface area (Å²) in [4.78, 5) is 0. The largest absolute Gasteiger partial charge is 0.0622 e. The first-order valence-corrected chi connectivity index (χ1v) is 16.1. The molecule has 0 spiro atoms. The van der Waals surface area contributed by atoms with Gasteiger partial charge in [0.2, 0.25) is 0 Å². The van der Waals surface area contributed by atoms with E-state index in [4.69, 9.17) is 0 Å². The molecule has 39 heavy (non-hydrogen) atoms. The smallest absolute Gasteiger partial charge is 0 e. The summed E-state index contributed by atoms with van der Waals surface area (Å²) in [7, 11) is -0.566. The molecule has 0 fully saturated rings. The van der Waals surface area contributed by atoms with Gasteiger partial charge in [-0.2, -0.15) is 0 Å². The topological polar surface area (TPSA) is 0 Å². The molecule has 0 atom stereocenters. The molecule has 204 valence electrons. The van der Waals surface area contributed by atoms with E-state index in [1.54, 1.807) is 0 Å². The molecule has 0 nitrogen and oxygen atoms in total. The molecule has 0 aliphatic rings. The van der Waals surface area contributed by atoms with Gasteiger partial charge in [-0.05, 0) is 102 Å². The van der Waals surface area contributed by atoms with E-state index < -0.39 is 0 Å². The van der Waals surface area contributed by atoms with Crippen LogP contribution in [0.4, 0.5) is 0 Å². The second-order valence-electron chi connectivity index (χ2n) is 9.27. The fourth-order valence-corrected chi connectivity index (χ4v) is 8.62. The van der Waals surface area contributed by atoms with E-state index in [2.05, 4.69) is 149 Å². The van der Waals surface area contributed by atoms with Gasteiger partial charge in [0.1, 0.15) is 0 Å². The Morgan fingerprint density at radius 1 is 0.436 bits per heavy atom. The van der Waals surface area contributed by atoms with Crippen molar-refractivity contribution in [2.75, 3.05) is 12.3 Å². The molecule has 0 aliphatic carbocycles. The van der Waals surface area contributed by atoms with Crippen molar-refractivity contribution in [1.82, 2.24) is 0 Å². The van der Waals surface area contributed by atoms with Gasteiger partial charge < -0.3 is 0 Å². The average molecular weight is 638 g/mol. The minimum Gasteiger partial charge on any atom is -0.0622 e. The molecule has 0 heterocycles. The van der Waals surface area contributed by atoms with Crippen LogP contribution in [0.5, 0.6) is 0 Å². The maximum absolute atomic E-state index is 3.44. The third kappa shape index (κ3) is 15.1. The summed E-state index contributed by atoms with van der Waals surface area (Å²) < 4.78 is 0. The monoisotopic (exact) mass is 638 g/mol. The van der Waals surface area contributed by atoms with Gasteiger partial charge in [-0.25, -0.2) is 0 Å². The Bertz CT molecular complexity index is 908. The summed E-state index contributed by atoms with van der Waals surface area (Å²) in [5, 5.41) is 5.97. The predicted octanol–water partition coefficient (Wildman–Crippen LogP) is 8.53. The maximum atomic E-state index is 3.44. The van der Waals surface area contributed by atoms with Gasteiger partial charge in [-0.15, -0.1) is 0 Å². The maximum Gasteiger partial charge on any atom is 0 e. The minimum atomic E-state index is -0.283. The van der Waals surface area contributed by atoms with Crippen LogP contribution in [0.1, 0.15) is 26.7 Å². The molecule has 0 bridgehead atoms. The average Bonchev–Trinajstić information content (AvgIpc) is 2.92. The zero-order valence-corrected chi connectivity index (χ0v) is 27.0. The van der Waals surface area contributed by atoms with Crippen LogP contribution in [-0.2, 0) is 19.5 Å². The predicted molar refractivity (Wildman–Crippen MR) is 176 cm³/mol. The number of unbranched alkanes of at least 4 members (excludes halogenated alkanes) is 1. The summed E-state index contributed by atoms with van der Waals surface area (Å²) in [6.07, 6.45) is 5.06. The molecule has 3 heteroatoms. The van der Waals surface area contributed by atoms with Crippen molar-refractivity contribution in [3.05, 3.63) is 161 Å². The fraction of sp³-hybridized carbons (Fsp3) is 0.167. The molecular weight excluding hydrogens is 595 g/mol. The number of hydrogen-bond donors (Lipinski definition) is 0. The summed E-state index contributed by atoms with van der Waals surface area (Å²) in [6.45, 7) is 17.5. The first-order chi connectivity index (χ1) is 18.4. The molecule has 6 radical (unpaired) electrons. The van der Waals surface area contributed by atoms with Gasteiger partial charge in [0.25, 0.3) is 0 Å². The summed E-state index contributed by atoms with van der Waals surface area (Å²) >= 11 is 0. The molecule has 0 aliphatic heterocycles. The Morgan fingerprint density at radius 3 is 0.795 bits per heavy atom. The first-order valence-electron chi connectivity index (χ1n) is 13.1. The third-order valence-corrected chi connectivity index (χ3v) is 10.5. The second kappa shape index (κ2) is 21.2. The van der Waals surface area contributed by atoms with Crippen molar-refractivity contribution >= 4 is 37.1 Å². The van der Waals surface area contributed by atoms with Crippen LogP contribution >= 0.6 is 15.8 Å². The zero-order chi connectivity index (χ0) is 27.6. The normalized spacial score (nSPS) is 10.4. The Morgan fingerprint density at radius 2 is 0.615 bits per heavy atom. The molecule has 4 aromatic rings. The van der Waals surface area contributed by atoms with Crippen molar-refractivity contribution in [3.8, 4) is 0 Å². The Hall–Kier alpha value is -1.64. The van der Waals surface area contributed by atoms with E-state index in [1.165, 1.54) is 46.4 Å². The Kier molecular flexibility index (Phi) is 19.2. The van der Waals surface area contributed by atoms with Gasteiger partial charge in [-0.1, -0.05) is 135 Å². The second-order valence-corrected chi connectivity index (χ2v) is 13.9. The van der Waals surface area contributed by atoms with Gasteiger partial charge in [0, 0.05) is 19.5 Å². The SMILES string of the molecule is [CH2][C]([CH2])C.[CH2][C]([CH2])C.[Ru].c1ccc(P(CCCCP(c2ccccc2)c2ccccc2)c2ccccc2)cc1. The van der Waals surface area contributed by atoms with E-state index in [9.17, 15) is 0 Å². The van der Waals surface area contributed by atoms with E-state index >= 15 is 0 Å². The van der Waals surface area contributed by atoms with Gasteiger partial charge >= 0.3 is 0 Å². The van der Waals surface area contributed by atoms with Gasteiger partial charge in [-0.3, -0.25) is 0 Å². The summed E-state index contributed by atoms with van der Waals surface area (Å²) in [5.74, 6) is 1.83. The van der Waals surface area contributed by atoms with Crippen molar-refractivity contribution in [1.29, 1.82) is 0 Å². The molecule has 0 saturated carbocycles. The molecule has 0 saturated heterocycles. The van der Waals surface area contributed by atoms with Gasteiger partial charge in [0.05, 0.1) is 0 Å². The number of benzene rings is 4. The van der Waals surface area contributed by atoms with Crippen molar-refractivity contribution in [2.45, 2.75) is 26.7 Å². The quantitative estimate of drug-likeness (QED) is 0.0981. The van der Waals surface area contributed by atoms with E-state index in [0.717, 1.165) is 11.8 Å². The Labute approximate surface area is 255 Å². The number of rotatable bonds is 9. The first kappa shape index (κ1) is 35.4. The van der Waals surface area contributed by atoms with E-state index in [1.807, 2.05) is 13.8 Å². The van der Waals surface area contributed by atoms with Crippen LogP contribution in [0, 0.1) is 39.5 Å². The molecular formula is C36H42P2Ru. The molecule has 4 rings (SSSR count). The molecule has 4 aromatic carbocycles. The fourth-order valence-electron chi connectivity index (χ4n) is 3.79. The van der Waals surface area contributed by atoms with Crippen molar-refractivity contribution in [3.63, 3.8) is 0 Å². The van der Waals surface area contributed by atoms with Crippen LogP contribution < -0.4 is 21.2 Å². The van der Waals surface area contributed by atoms with Crippen LogP contribution in [0.2, 0.25) is 0 Å². The molecule has 0 unspecified atom stereocenters. The van der Waals surface area contributed by atoms with Crippen LogP contribution in [-0.4, -0.2) is 12.3 Å². The number of hydrogen-bond acceptors (Lipinski definition) is 0. The molecule has 0 aromatic heterocycles. The zero-order valence-electron chi connectivity index (χ0n) is 23.5. The third-order valence-electron chi connectivity index (χ3n) is 5.28. The van der Waals surface area contributed by atoms with Crippen molar-refractivity contribution in [2.24, 2.45) is 0 Å². The standard InChI is InChI=1S/C28H28P2.2C4H7.Ru/c1-5-15-25(16-6-1)29(26-17-7-2-8-18-26)23-13-14-24-30(27-19-9-3-10-20-27)28-21-11-4-12-22-28;2*1-4(2)3;/h1-12,15-22H,13-14,23-24H2;2*1-2H2,3H3;. The van der Waals surface area contributed by atoms with E-state index in [-0.39, 0.29) is 35.3 Å².